The van der Waals surface area contributed by atoms with Gasteiger partial charge in [0.25, 0.3) is 0 Å². The standard InChI is InChI=1S/C18H24FNO2/c1-2-11-22-13-14-7-10-20(12-14)17(21)18(8-9-18)15-3-5-16(19)6-4-15/h3-6,14H,2,7-13H2,1H3/t14-/m1/s1. The van der Waals surface area contributed by atoms with Gasteiger partial charge >= 0.3 is 0 Å². The molecular weight excluding hydrogens is 281 g/mol. The van der Waals surface area contributed by atoms with Crippen LogP contribution >= 0.6 is 0 Å². The van der Waals surface area contributed by atoms with E-state index in [1.165, 1.54) is 12.1 Å². The number of hydrogen-bond acceptors (Lipinski definition) is 2. The normalized spacial score (nSPS) is 22.8. The molecule has 0 unspecified atom stereocenters. The zero-order valence-corrected chi connectivity index (χ0v) is 13.2. The molecule has 1 heterocycles. The average Bonchev–Trinajstić information content (AvgIpc) is 3.20. The summed E-state index contributed by atoms with van der Waals surface area (Å²) in [5.41, 5.74) is 0.580. The summed E-state index contributed by atoms with van der Waals surface area (Å²) in [5.74, 6) is 0.429. The molecule has 1 atom stereocenters. The van der Waals surface area contributed by atoms with E-state index in [1.807, 2.05) is 4.90 Å². The molecule has 4 heteroatoms. The predicted octanol–water partition coefficient (Wildman–Crippen LogP) is 3.13. The van der Waals surface area contributed by atoms with Crippen LogP contribution in [0.15, 0.2) is 24.3 Å². The Hall–Kier alpha value is -1.42. The summed E-state index contributed by atoms with van der Waals surface area (Å²) < 4.78 is 18.7. The third-order valence-electron chi connectivity index (χ3n) is 4.83. The minimum absolute atomic E-state index is 0.220. The van der Waals surface area contributed by atoms with Crippen LogP contribution in [0.3, 0.4) is 0 Å². The molecule has 1 aromatic rings. The number of ether oxygens (including phenoxy) is 1. The van der Waals surface area contributed by atoms with Crippen molar-refractivity contribution in [1.29, 1.82) is 0 Å². The zero-order valence-electron chi connectivity index (χ0n) is 13.2. The van der Waals surface area contributed by atoms with Crippen LogP contribution in [0, 0.1) is 11.7 Å². The number of carbonyl (C=O) groups excluding carboxylic acids is 1. The number of nitrogens with zero attached hydrogens (tertiary/aromatic N) is 1. The summed E-state index contributed by atoms with van der Waals surface area (Å²) in [5, 5.41) is 0. The van der Waals surface area contributed by atoms with Gasteiger partial charge in [-0.2, -0.15) is 0 Å². The highest BCUT2D eigenvalue weighted by molar-refractivity contribution is 5.91. The second kappa shape index (κ2) is 6.37. The van der Waals surface area contributed by atoms with E-state index in [9.17, 15) is 9.18 Å². The van der Waals surface area contributed by atoms with Crippen molar-refractivity contribution in [2.45, 2.75) is 38.0 Å². The van der Waals surface area contributed by atoms with Crippen LogP contribution in [0.5, 0.6) is 0 Å². The van der Waals surface area contributed by atoms with Crippen LogP contribution in [0.2, 0.25) is 0 Å². The predicted molar refractivity (Wildman–Crippen MR) is 83.1 cm³/mol. The summed E-state index contributed by atoms with van der Waals surface area (Å²) in [6.07, 6.45) is 3.81. The van der Waals surface area contributed by atoms with Crippen LogP contribution in [-0.4, -0.2) is 37.1 Å². The molecule has 2 aliphatic rings. The second-order valence-electron chi connectivity index (χ2n) is 6.57. The van der Waals surface area contributed by atoms with Crippen molar-refractivity contribution in [3.05, 3.63) is 35.6 Å². The second-order valence-corrected chi connectivity index (χ2v) is 6.57. The van der Waals surface area contributed by atoms with Crippen LogP contribution in [-0.2, 0) is 14.9 Å². The Labute approximate surface area is 131 Å². The van der Waals surface area contributed by atoms with E-state index in [-0.39, 0.29) is 17.1 Å². The fourth-order valence-corrected chi connectivity index (χ4v) is 3.37. The first-order valence-corrected chi connectivity index (χ1v) is 8.29. The molecule has 3 rings (SSSR count). The lowest BCUT2D eigenvalue weighted by molar-refractivity contribution is -0.133. The summed E-state index contributed by atoms with van der Waals surface area (Å²) in [4.78, 5) is 14.9. The van der Waals surface area contributed by atoms with E-state index in [4.69, 9.17) is 4.74 Å². The molecule has 1 aliphatic carbocycles. The number of hydrogen-bond donors (Lipinski definition) is 0. The van der Waals surface area contributed by atoms with Crippen molar-refractivity contribution in [1.82, 2.24) is 4.90 Å². The first-order valence-electron chi connectivity index (χ1n) is 8.29. The first-order chi connectivity index (χ1) is 10.7. The van der Waals surface area contributed by atoms with Crippen LogP contribution in [0.4, 0.5) is 4.39 Å². The fraction of sp³-hybridized carbons (Fsp3) is 0.611. The summed E-state index contributed by atoms with van der Waals surface area (Å²) >= 11 is 0. The molecule has 3 nitrogen and oxygen atoms in total. The zero-order chi connectivity index (χ0) is 15.6. The molecule has 0 aromatic heterocycles. The van der Waals surface area contributed by atoms with Gasteiger partial charge in [-0.05, 0) is 43.4 Å². The van der Waals surface area contributed by atoms with E-state index < -0.39 is 0 Å². The lowest BCUT2D eigenvalue weighted by atomic mass is 9.94. The fourth-order valence-electron chi connectivity index (χ4n) is 3.37. The van der Waals surface area contributed by atoms with E-state index in [0.717, 1.165) is 57.6 Å². The number of halogens is 1. The van der Waals surface area contributed by atoms with Gasteiger partial charge in [-0.25, -0.2) is 4.39 Å². The Morgan fingerprint density at radius 2 is 2.09 bits per heavy atom. The molecule has 2 fully saturated rings. The van der Waals surface area contributed by atoms with Crippen molar-refractivity contribution in [2.75, 3.05) is 26.3 Å². The molecule has 1 aromatic carbocycles. The Morgan fingerprint density at radius 1 is 1.36 bits per heavy atom. The summed E-state index contributed by atoms with van der Waals surface area (Å²) in [6, 6.07) is 6.43. The monoisotopic (exact) mass is 305 g/mol. The van der Waals surface area contributed by atoms with E-state index in [1.54, 1.807) is 12.1 Å². The summed E-state index contributed by atoms with van der Waals surface area (Å²) in [7, 11) is 0. The van der Waals surface area contributed by atoms with Gasteiger partial charge in [-0.3, -0.25) is 4.79 Å². The number of likely N-dealkylation sites (tertiary alicyclic amines) is 1. The van der Waals surface area contributed by atoms with Gasteiger partial charge in [0.2, 0.25) is 5.91 Å². The van der Waals surface area contributed by atoms with Crippen LogP contribution in [0.1, 0.15) is 38.2 Å². The number of amides is 1. The topological polar surface area (TPSA) is 29.5 Å². The molecule has 1 aliphatic heterocycles. The van der Waals surface area contributed by atoms with Gasteiger partial charge < -0.3 is 9.64 Å². The van der Waals surface area contributed by atoms with E-state index >= 15 is 0 Å². The SMILES string of the molecule is CCCOC[C@@H]1CCN(C(=O)C2(c3ccc(F)cc3)CC2)C1. The number of rotatable bonds is 6. The van der Waals surface area contributed by atoms with Crippen LogP contribution in [0.25, 0.3) is 0 Å². The van der Waals surface area contributed by atoms with Gasteiger partial charge in [0.05, 0.1) is 12.0 Å². The van der Waals surface area contributed by atoms with Crippen molar-refractivity contribution in [3.8, 4) is 0 Å². The van der Waals surface area contributed by atoms with Gasteiger partial charge in [0.15, 0.2) is 0 Å². The molecule has 1 saturated heterocycles. The third-order valence-corrected chi connectivity index (χ3v) is 4.83. The Bertz CT molecular complexity index is 524. The lowest BCUT2D eigenvalue weighted by Gasteiger charge is -2.23. The minimum Gasteiger partial charge on any atom is -0.381 e. The van der Waals surface area contributed by atoms with Gasteiger partial charge in [-0.1, -0.05) is 19.1 Å². The molecule has 1 saturated carbocycles. The maximum atomic E-state index is 13.1. The van der Waals surface area contributed by atoms with E-state index in [0.29, 0.717) is 5.92 Å². The van der Waals surface area contributed by atoms with Crippen molar-refractivity contribution in [3.63, 3.8) is 0 Å². The highest BCUT2D eigenvalue weighted by atomic mass is 19.1. The summed E-state index contributed by atoms with van der Waals surface area (Å²) in [6.45, 7) is 5.27. The largest absolute Gasteiger partial charge is 0.381 e. The minimum atomic E-state index is -0.382. The maximum absolute atomic E-state index is 13.1. The Kier molecular flexibility index (Phi) is 4.48. The quantitative estimate of drug-likeness (QED) is 0.756. The maximum Gasteiger partial charge on any atom is 0.233 e. The number of carbonyl (C=O) groups is 1. The lowest BCUT2D eigenvalue weighted by Crippen LogP contribution is -2.38. The van der Waals surface area contributed by atoms with E-state index in [2.05, 4.69) is 6.92 Å². The molecular formula is C18H24FNO2. The molecule has 120 valence electrons. The molecule has 0 N–H and O–H groups in total. The third kappa shape index (κ3) is 3.02. The first kappa shape index (κ1) is 15.5. The smallest absolute Gasteiger partial charge is 0.233 e. The Morgan fingerprint density at radius 3 is 2.73 bits per heavy atom. The van der Waals surface area contributed by atoms with Gasteiger partial charge in [-0.15, -0.1) is 0 Å². The van der Waals surface area contributed by atoms with Gasteiger partial charge in [0, 0.05) is 25.6 Å². The Balaban J connectivity index is 1.61. The molecule has 0 spiro atoms. The molecule has 0 radical (unpaired) electrons. The van der Waals surface area contributed by atoms with Crippen molar-refractivity contribution >= 4 is 5.91 Å². The highest BCUT2D eigenvalue weighted by Crippen LogP contribution is 2.50. The molecule has 0 bridgehead atoms. The highest BCUT2D eigenvalue weighted by Gasteiger charge is 2.53. The molecule has 1 amide bonds. The average molecular weight is 305 g/mol. The number of benzene rings is 1. The van der Waals surface area contributed by atoms with Crippen molar-refractivity contribution < 1.29 is 13.9 Å². The molecule has 22 heavy (non-hydrogen) atoms. The van der Waals surface area contributed by atoms with Crippen LogP contribution < -0.4 is 0 Å². The van der Waals surface area contributed by atoms with Crippen molar-refractivity contribution in [2.24, 2.45) is 5.92 Å². The van der Waals surface area contributed by atoms with Gasteiger partial charge in [0.1, 0.15) is 5.82 Å².